The quantitative estimate of drug-likeness (QED) is 0.661. The molecule has 1 atom stereocenters. The Hall–Kier alpha value is -2.96. The van der Waals surface area contributed by atoms with Crippen LogP contribution in [0, 0.1) is 13.8 Å². The van der Waals surface area contributed by atoms with E-state index in [1.807, 2.05) is 26.0 Å². The number of Topliss-reactive ketones (excluding diaryl/α,β-unsaturated/α-hetero) is 1. The molecule has 3 rings (SSSR count). The number of nitrogens with zero attached hydrogens (tertiary/aromatic N) is 3. The van der Waals surface area contributed by atoms with E-state index in [1.165, 1.54) is 6.21 Å². The maximum absolute atomic E-state index is 12.3. The zero-order valence-electron chi connectivity index (χ0n) is 13.5. The van der Waals surface area contributed by atoms with E-state index >= 15 is 0 Å². The molecule has 24 heavy (non-hydrogen) atoms. The second-order valence-electron chi connectivity index (χ2n) is 5.75. The van der Waals surface area contributed by atoms with E-state index < -0.39 is 0 Å². The van der Waals surface area contributed by atoms with Crippen molar-refractivity contribution in [1.82, 2.24) is 9.97 Å². The summed E-state index contributed by atoms with van der Waals surface area (Å²) in [6, 6.07) is 5.43. The first-order chi connectivity index (χ1) is 11.5. The summed E-state index contributed by atoms with van der Waals surface area (Å²) in [5.41, 5.74) is 4.52. The van der Waals surface area contributed by atoms with Crippen molar-refractivity contribution in [2.75, 3.05) is 5.43 Å². The van der Waals surface area contributed by atoms with E-state index in [0.29, 0.717) is 18.1 Å². The van der Waals surface area contributed by atoms with E-state index in [1.54, 1.807) is 12.3 Å². The van der Waals surface area contributed by atoms with Gasteiger partial charge in [0, 0.05) is 30.1 Å². The number of allylic oxidation sites excluding steroid dienone is 2. The van der Waals surface area contributed by atoms with Crippen molar-refractivity contribution in [3.8, 4) is 0 Å². The third kappa shape index (κ3) is 3.51. The van der Waals surface area contributed by atoms with Crippen molar-refractivity contribution in [3.63, 3.8) is 0 Å². The zero-order chi connectivity index (χ0) is 17.1. The Morgan fingerprint density at radius 1 is 1.33 bits per heavy atom. The normalized spacial score (nSPS) is 18.4. The second kappa shape index (κ2) is 6.66. The molecule has 1 aliphatic rings. The first kappa shape index (κ1) is 15.9. The molecule has 0 aromatic carbocycles. The maximum Gasteiger partial charge on any atom is 0.243 e. The highest BCUT2D eigenvalue weighted by Gasteiger charge is 2.29. The predicted molar refractivity (Wildman–Crippen MR) is 89.0 cm³/mol. The van der Waals surface area contributed by atoms with Gasteiger partial charge in [-0.05, 0) is 32.0 Å². The highest BCUT2D eigenvalue weighted by Crippen LogP contribution is 2.33. The molecular formula is C17H18N4O3. The molecule has 0 saturated heterocycles. The Morgan fingerprint density at radius 2 is 2.08 bits per heavy atom. The molecule has 0 saturated carbocycles. The number of carbonyl (C=O) groups excluding carboxylic acids is 1. The fraction of sp³-hybridized carbons (Fsp3) is 0.294. The molecule has 0 aliphatic heterocycles. The van der Waals surface area contributed by atoms with Gasteiger partial charge in [0.1, 0.15) is 11.5 Å². The molecule has 0 fully saturated rings. The van der Waals surface area contributed by atoms with Gasteiger partial charge in [-0.2, -0.15) is 5.10 Å². The van der Waals surface area contributed by atoms with Gasteiger partial charge in [0.25, 0.3) is 0 Å². The van der Waals surface area contributed by atoms with Crippen LogP contribution in [0.4, 0.5) is 5.95 Å². The van der Waals surface area contributed by atoms with Crippen molar-refractivity contribution >= 4 is 17.9 Å². The minimum atomic E-state index is -0.174. The number of aliphatic hydroxyl groups is 1. The van der Waals surface area contributed by atoms with Crippen LogP contribution < -0.4 is 5.43 Å². The topological polar surface area (TPSA) is 101 Å². The Labute approximate surface area is 139 Å². The summed E-state index contributed by atoms with van der Waals surface area (Å²) in [6.07, 6.45) is 3.50. The lowest BCUT2D eigenvalue weighted by atomic mass is 9.86. The molecule has 2 N–H and O–H groups in total. The SMILES string of the molecule is Cc1cc(C)nc(N/N=C/C2=C(O)CC(c3ccco3)CC2=O)n1. The van der Waals surface area contributed by atoms with Crippen LogP contribution in [0.1, 0.15) is 35.9 Å². The molecule has 0 bridgehead atoms. The number of hydrogen-bond donors (Lipinski definition) is 2. The number of aliphatic hydroxyl groups excluding tert-OH is 1. The van der Waals surface area contributed by atoms with Gasteiger partial charge in [-0.15, -0.1) is 0 Å². The molecule has 124 valence electrons. The van der Waals surface area contributed by atoms with Crippen LogP contribution >= 0.6 is 0 Å². The van der Waals surface area contributed by atoms with E-state index in [0.717, 1.165) is 11.4 Å². The molecular weight excluding hydrogens is 308 g/mol. The molecule has 1 aliphatic carbocycles. The fourth-order valence-electron chi connectivity index (χ4n) is 2.71. The van der Waals surface area contributed by atoms with Crippen molar-refractivity contribution < 1.29 is 14.3 Å². The minimum Gasteiger partial charge on any atom is -0.511 e. The number of furan rings is 1. The third-order valence-electron chi connectivity index (χ3n) is 3.77. The Balaban J connectivity index is 1.72. The molecule has 0 spiro atoms. The fourth-order valence-corrected chi connectivity index (χ4v) is 2.71. The summed E-state index contributed by atoms with van der Waals surface area (Å²) < 4.78 is 5.32. The first-order valence-corrected chi connectivity index (χ1v) is 7.63. The van der Waals surface area contributed by atoms with Crippen LogP contribution in [0.25, 0.3) is 0 Å². The molecule has 7 nitrogen and oxygen atoms in total. The van der Waals surface area contributed by atoms with Crippen LogP contribution in [0.2, 0.25) is 0 Å². The second-order valence-corrected chi connectivity index (χ2v) is 5.75. The number of ketones is 1. The Bertz CT molecular complexity index is 789. The van der Waals surface area contributed by atoms with Gasteiger partial charge in [-0.1, -0.05) is 0 Å². The highest BCUT2D eigenvalue weighted by atomic mass is 16.3. The number of anilines is 1. The number of carbonyl (C=O) groups is 1. The number of hydrazone groups is 1. The molecule has 1 unspecified atom stereocenters. The number of aryl methyl sites for hydroxylation is 2. The molecule has 0 radical (unpaired) electrons. The van der Waals surface area contributed by atoms with Gasteiger partial charge < -0.3 is 9.52 Å². The summed E-state index contributed by atoms with van der Waals surface area (Å²) in [5, 5.41) is 14.1. The molecule has 2 heterocycles. The van der Waals surface area contributed by atoms with Crippen LogP contribution in [-0.2, 0) is 4.79 Å². The predicted octanol–water partition coefficient (Wildman–Crippen LogP) is 3.04. The minimum absolute atomic E-state index is 0.0135. The molecule has 2 aromatic rings. The molecule has 7 heteroatoms. The van der Waals surface area contributed by atoms with Crippen LogP contribution in [0.3, 0.4) is 0 Å². The average Bonchev–Trinajstić information content (AvgIpc) is 3.03. The first-order valence-electron chi connectivity index (χ1n) is 7.63. The highest BCUT2D eigenvalue weighted by molar-refractivity contribution is 6.14. The Morgan fingerprint density at radius 3 is 2.71 bits per heavy atom. The van der Waals surface area contributed by atoms with Crippen molar-refractivity contribution in [2.24, 2.45) is 5.10 Å². The molecule has 2 aromatic heterocycles. The largest absolute Gasteiger partial charge is 0.511 e. The van der Waals surface area contributed by atoms with Crippen LogP contribution in [0.5, 0.6) is 0 Å². The van der Waals surface area contributed by atoms with Gasteiger partial charge in [0.2, 0.25) is 5.95 Å². The van der Waals surface area contributed by atoms with E-state index in [-0.39, 0.29) is 29.5 Å². The van der Waals surface area contributed by atoms with Gasteiger partial charge in [0.05, 0.1) is 18.1 Å². The summed E-state index contributed by atoms with van der Waals surface area (Å²) in [6.45, 7) is 3.72. The lowest BCUT2D eigenvalue weighted by molar-refractivity contribution is -0.116. The summed E-state index contributed by atoms with van der Waals surface area (Å²) >= 11 is 0. The van der Waals surface area contributed by atoms with E-state index in [2.05, 4.69) is 20.5 Å². The average molecular weight is 326 g/mol. The smallest absolute Gasteiger partial charge is 0.243 e. The summed E-state index contributed by atoms with van der Waals surface area (Å²) in [5.74, 6) is 0.750. The number of aromatic nitrogens is 2. The lowest BCUT2D eigenvalue weighted by Crippen LogP contribution is -2.19. The monoisotopic (exact) mass is 326 g/mol. The van der Waals surface area contributed by atoms with E-state index in [4.69, 9.17) is 4.42 Å². The van der Waals surface area contributed by atoms with Gasteiger partial charge >= 0.3 is 0 Å². The number of rotatable bonds is 4. The van der Waals surface area contributed by atoms with Crippen LogP contribution in [0.15, 0.2) is 45.3 Å². The van der Waals surface area contributed by atoms with Crippen molar-refractivity contribution in [2.45, 2.75) is 32.6 Å². The van der Waals surface area contributed by atoms with Gasteiger partial charge in [-0.25, -0.2) is 15.4 Å². The third-order valence-corrected chi connectivity index (χ3v) is 3.77. The number of nitrogens with one attached hydrogen (secondary N) is 1. The molecule has 0 amide bonds. The van der Waals surface area contributed by atoms with E-state index in [9.17, 15) is 9.90 Å². The standard InChI is InChI=1S/C17H18N4O3/c1-10-6-11(2)20-17(19-10)21-18-9-13-14(22)7-12(8-15(13)23)16-4-3-5-24-16/h3-6,9,12,22H,7-8H2,1-2H3,(H,19,20,21)/b18-9+. The van der Waals surface area contributed by atoms with Gasteiger partial charge in [0.15, 0.2) is 5.78 Å². The van der Waals surface area contributed by atoms with Crippen molar-refractivity contribution in [1.29, 1.82) is 0 Å². The lowest BCUT2D eigenvalue weighted by Gasteiger charge is -2.20. The summed E-state index contributed by atoms with van der Waals surface area (Å²) in [7, 11) is 0. The zero-order valence-corrected chi connectivity index (χ0v) is 13.5. The van der Waals surface area contributed by atoms with Crippen molar-refractivity contribution in [3.05, 3.63) is 52.9 Å². The Kier molecular flexibility index (Phi) is 4.41. The van der Waals surface area contributed by atoms with Crippen LogP contribution in [-0.4, -0.2) is 27.1 Å². The summed E-state index contributed by atoms with van der Waals surface area (Å²) in [4.78, 5) is 20.6. The van der Waals surface area contributed by atoms with Gasteiger partial charge in [-0.3, -0.25) is 4.79 Å². The number of hydrogen-bond acceptors (Lipinski definition) is 7. The maximum atomic E-state index is 12.3.